The Morgan fingerprint density at radius 2 is 2.05 bits per heavy atom. The molecule has 0 aromatic heterocycles. The molecule has 1 aromatic rings. The summed E-state index contributed by atoms with van der Waals surface area (Å²) in [6, 6.07) is 1.96. The van der Waals surface area contributed by atoms with Crippen LogP contribution in [0.3, 0.4) is 0 Å². The highest BCUT2D eigenvalue weighted by atomic mass is 19.4. The second-order valence-corrected chi connectivity index (χ2v) is 5.25. The van der Waals surface area contributed by atoms with Crippen LogP contribution >= 0.6 is 0 Å². The number of hydrogen-bond donors (Lipinski definition) is 1. The van der Waals surface area contributed by atoms with E-state index in [2.05, 4.69) is 0 Å². The molecule has 1 aliphatic rings. The van der Waals surface area contributed by atoms with Crippen molar-refractivity contribution >= 4 is 5.91 Å². The zero-order chi connectivity index (χ0) is 15.8. The molecule has 1 atom stereocenters. The molecule has 3 nitrogen and oxygen atoms in total. The number of carbonyl (C=O) groups is 1. The Bertz CT molecular complexity index is 557. The van der Waals surface area contributed by atoms with Crippen molar-refractivity contribution in [1.29, 1.82) is 0 Å². The fraction of sp³-hybridized carbons (Fsp3) is 0.500. The van der Waals surface area contributed by atoms with Gasteiger partial charge in [0.25, 0.3) is 5.91 Å². The Kier molecular flexibility index (Phi) is 4.11. The first-order valence-electron chi connectivity index (χ1n) is 6.55. The standard InChI is InChI=1S/C14H15F4NO2/c1-8-5-10(11(15)6-12(8)20)13(21)19-4-2-3-9(7-19)14(16,17)18/h5-6,9,20H,2-4,7H2,1H3. The minimum Gasteiger partial charge on any atom is -0.508 e. The van der Waals surface area contributed by atoms with Crippen molar-refractivity contribution in [2.75, 3.05) is 13.1 Å². The Labute approximate surface area is 119 Å². The molecule has 0 bridgehead atoms. The number of carbonyl (C=O) groups excluding carboxylic acids is 1. The first kappa shape index (κ1) is 15.6. The van der Waals surface area contributed by atoms with Gasteiger partial charge in [-0.2, -0.15) is 13.2 Å². The number of phenolic OH excluding ortho intramolecular Hbond substituents is 1. The number of aryl methyl sites for hydroxylation is 1. The maximum Gasteiger partial charge on any atom is 0.393 e. The number of amides is 1. The number of halogens is 4. The molecule has 7 heteroatoms. The molecule has 0 aliphatic carbocycles. The normalized spacial score (nSPS) is 19.7. The molecule has 1 saturated heterocycles. The first-order chi connectivity index (χ1) is 9.70. The Morgan fingerprint density at radius 3 is 2.67 bits per heavy atom. The lowest BCUT2D eigenvalue weighted by molar-refractivity contribution is -0.184. The van der Waals surface area contributed by atoms with Gasteiger partial charge in [-0.15, -0.1) is 0 Å². The van der Waals surface area contributed by atoms with Crippen molar-refractivity contribution in [2.24, 2.45) is 5.92 Å². The number of benzene rings is 1. The molecule has 1 N–H and O–H groups in total. The third-order valence-corrected chi connectivity index (χ3v) is 3.69. The quantitative estimate of drug-likeness (QED) is 0.809. The molecule has 1 fully saturated rings. The first-order valence-corrected chi connectivity index (χ1v) is 6.55. The maximum atomic E-state index is 13.7. The highest BCUT2D eigenvalue weighted by Crippen LogP contribution is 2.34. The number of piperidine rings is 1. The molecule has 2 rings (SSSR count). The van der Waals surface area contributed by atoms with E-state index in [0.29, 0.717) is 5.56 Å². The van der Waals surface area contributed by atoms with E-state index in [9.17, 15) is 27.5 Å². The largest absolute Gasteiger partial charge is 0.508 e. The fourth-order valence-electron chi connectivity index (χ4n) is 2.43. The molecule has 0 spiro atoms. The van der Waals surface area contributed by atoms with E-state index in [-0.39, 0.29) is 30.7 Å². The number of nitrogens with zero attached hydrogens (tertiary/aromatic N) is 1. The van der Waals surface area contributed by atoms with Crippen molar-refractivity contribution in [3.63, 3.8) is 0 Å². The summed E-state index contributed by atoms with van der Waals surface area (Å²) in [5.74, 6) is -3.57. The van der Waals surface area contributed by atoms with Gasteiger partial charge in [-0.1, -0.05) is 0 Å². The Morgan fingerprint density at radius 1 is 1.38 bits per heavy atom. The van der Waals surface area contributed by atoms with Crippen LogP contribution in [0.5, 0.6) is 5.75 Å². The average Bonchev–Trinajstić information content (AvgIpc) is 2.41. The lowest BCUT2D eigenvalue weighted by Crippen LogP contribution is -2.44. The average molecular weight is 305 g/mol. The van der Waals surface area contributed by atoms with Crippen LogP contribution in [0.4, 0.5) is 17.6 Å². The fourth-order valence-corrected chi connectivity index (χ4v) is 2.43. The van der Waals surface area contributed by atoms with Crippen LogP contribution in [-0.2, 0) is 0 Å². The molecule has 0 radical (unpaired) electrons. The number of aromatic hydroxyl groups is 1. The molecular formula is C14H15F4NO2. The second kappa shape index (κ2) is 5.54. The van der Waals surface area contributed by atoms with Gasteiger partial charge in [-0.25, -0.2) is 4.39 Å². The number of hydrogen-bond acceptors (Lipinski definition) is 2. The van der Waals surface area contributed by atoms with Crippen LogP contribution in [0, 0.1) is 18.7 Å². The van der Waals surface area contributed by atoms with E-state index in [4.69, 9.17) is 0 Å². The van der Waals surface area contributed by atoms with Crippen LogP contribution < -0.4 is 0 Å². The topological polar surface area (TPSA) is 40.5 Å². The summed E-state index contributed by atoms with van der Waals surface area (Å²) in [6.07, 6.45) is -4.15. The molecule has 116 valence electrons. The molecule has 21 heavy (non-hydrogen) atoms. The summed E-state index contributed by atoms with van der Waals surface area (Å²) in [4.78, 5) is 13.2. The Balaban J connectivity index is 2.22. The van der Waals surface area contributed by atoms with Gasteiger partial charge in [-0.05, 0) is 31.4 Å². The smallest absolute Gasteiger partial charge is 0.393 e. The summed E-state index contributed by atoms with van der Waals surface area (Å²) >= 11 is 0. The molecule has 1 amide bonds. The van der Waals surface area contributed by atoms with Gasteiger partial charge in [0.1, 0.15) is 11.6 Å². The Hall–Kier alpha value is -1.79. The predicted octanol–water partition coefficient (Wildman–Crippen LogP) is 3.25. The second-order valence-electron chi connectivity index (χ2n) is 5.25. The van der Waals surface area contributed by atoms with Gasteiger partial charge in [0.15, 0.2) is 0 Å². The van der Waals surface area contributed by atoms with Crippen molar-refractivity contribution < 1.29 is 27.5 Å². The highest BCUT2D eigenvalue weighted by molar-refractivity contribution is 5.95. The van der Waals surface area contributed by atoms with Crippen molar-refractivity contribution in [1.82, 2.24) is 4.90 Å². The van der Waals surface area contributed by atoms with Crippen LogP contribution in [0.2, 0.25) is 0 Å². The van der Waals surface area contributed by atoms with Gasteiger partial charge in [0, 0.05) is 19.2 Å². The number of phenols is 1. The lowest BCUT2D eigenvalue weighted by Gasteiger charge is -2.33. The predicted molar refractivity (Wildman–Crippen MR) is 67.5 cm³/mol. The van der Waals surface area contributed by atoms with Crippen molar-refractivity contribution in [2.45, 2.75) is 25.9 Å². The molecule has 1 unspecified atom stereocenters. The van der Waals surface area contributed by atoms with E-state index in [0.717, 1.165) is 17.0 Å². The van der Waals surface area contributed by atoms with E-state index in [1.165, 1.54) is 6.92 Å². The monoisotopic (exact) mass is 305 g/mol. The van der Waals surface area contributed by atoms with Gasteiger partial charge in [0.05, 0.1) is 11.5 Å². The van der Waals surface area contributed by atoms with E-state index < -0.39 is 30.4 Å². The zero-order valence-electron chi connectivity index (χ0n) is 11.4. The molecule has 1 heterocycles. The minimum absolute atomic E-state index is 0.0234. The van der Waals surface area contributed by atoms with Crippen molar-refractivity contribution in [3.8, 4) is 5.75 Å². The van der Waals surface area contributed by atoms with E-state index in [1.807, 2.05) is 0 Å². The number of rotatable bonds is 1. The van der Waals surface area contributed by atoms with E-state index in [1.54, 1.807) is 0 Å². The van der Waals surface area contributed by atoms with Gasteiger partial charge < -0.3 is 10.0 Å². The van der Waals surface area contributed by atoms with Gasteiger partial charge >= 0.3 is 6.18 Å². The van der Waals surface area contributed by atoms with Gasteiger partial charge in [0.2, 0.25) is 0 Å². The zero-order valence-corrected chi connectivity index (χ0v) is 11.4. The summed E-state index contributed by atoms with van der Waals surface area (Å²) in [5.41, 5.74) is -0.0164. The molecule has 0 saturated carbocycles. The lowest BCUT2D eigenvalue weighted by atomic mass is 9.96. The molecular weight excluding hydrogens is 290 g/mol. The van der Waals surface area contributed by atoms with Crippen LogP contribution in [-0.4, -0.2) is 35.2 Å². The summed E-state index contributed by atoms with van der Waals surface area (Å²) in [5, 5.41) is 9.35. The van der Waals surface area contributed by atoms with Crippen molar-refractivity contribution in [3.05, 3.63) is 29.1 Å². The maximum absolute atomic E-state index is 13.7. The third kappa shape index (κ3) is 3.28. The van der Waals surface area contributed by atoms with Crippen LogP contribution in [0.1, 0.15) is 28.8 Å². The molecule has 1 aliphatic heterocycles. The summed E-state index contributed by atoms with van der Waals surface area (Å²) in [7, 11) is 0. The number of alkyl halides is 3. The van der Waals surface area contributed by atoms with E-state index >= 15 is 0 Å². The summed E-state index contributed by atoms with van der Waals surface area (Å²) < 4.78 is 51.9. The van der Waals surface area contributed by atoms with Gasteiger partial charge in [-0.3, -0.25) is 4.79 Å². The van der Waals surface area contributed by atoms with Crippen LogP contribution in [0.15, 0.2) is 12.1 Å². The number of likely N-dealkylation sites (tertiary alicyclic amines) is 1. The molecule has 1 aromatic carbocycles. The minimum atomic E-state index is -4.36. The summed E-state index contributed by atoms with van der Waals surface area (Å²) in [6.45, 7) is 1.20. The SMILES string of the molecule is Cc1cc(C(=O)N2CCCC(C(F)(F)F)C2)c(F)cc1O. The third-order valence-electron chi connectivity index (χ3n) is 3.69. The highest BCUT2D eigenvalue weighted by Gasteiger charge is 2.43. The van der Waals surface area contributed by atoms with Crippen LogP contribution in [0.25, 0.3) is 0 Å².